The van der Waals surface area contributed by atoms with Gasteiger partial charge in [0.05, 0.1) is 5.92 Å². The number of hydrogen-bond donors (Lipinski definition) is 1. The molecule has 2 heteroatoms. The zero-order chi connectivity index (χ0) is 17.5. The molecule has 23 heavy (non-hydrogen) atoms. The van der Waals surface area contributed by atoms with E-state index in [2.05, 4.69) is 27.7 Å². The van der Waals surface area contributed by atoms with Gasteiger partial charge in [0.25, 0.3) is 0 Å². The lowest BCUT2D eigenvalue weighted by Crippen LogP contribution is -2.18. The van der Waals surface area contributed by atoms with Gasteiger partial charge >= 0.3 is 5.97 Å². The Hall–Kier alpha value is -0.530. The second kappa shape index (κ2) is 15.0. The van der Waals surface area contributed by atoms with Crippen LogP contribution in [-0.4, -0.2) is 11.1 Å². The highest BCUT2D eigenvalue weighted by molar-refractivity contribution is 5.69. The number of carbonyl (C=O) groups is 1. The lowest BCUT2D eigenvalue weighted by molar-refractivity contribution is -0.142. The minimum absolute atomic E-state index is 0.116. The SMILES string of the molecule is CCCCCCCCCC(CC(CCC)CCC(C)C)C(=O)O. The molecule has 0 rings (SSSR count). The number of aliphatic carboxylic acids is 1. The van der Waals surface area contributed by atoms with Crippen molar-refractivity contribution >= 4 is 5.97 Å². The van der Waals surface area contributed by atoms with Gasteiger partial charge in [-0.3, -0.25) is 4.79 Å². The Balaban J connectivity index is 4.08. The van der Waals surface area contributed by atoms with Crippen LogP contribution in [0.4, 0.5) is 0 Å². The highest BCUT2D eigenvalue weighted by Gasteiger charge is 2.22. The Bertz CT molecular complexity index is 273. The molecule has 138 valence electrons. The van der Waals surface area contributed by atoms with Crippen LogP contribution in [-0.2, 0) is 4.79 Å². The first kappa shape index (κ1) is 22.5. The van der Waals surface area contributed by atoms with E-state index in [0.29, 0.717) is 5.92 Å². The predicted octanol–water partition coefficient (Wildman–Crippen LogP) is 7.07. The Morgan fingerprint density at radius 2 is 1.39 bits per heavy atom. The molecule has 0 radical (unpaired) electrons. The zero-order valence-corrected chi connectivity index (χ0v) is 16.3. The van der Waals surface area contributed by atoms with Crippen LogP contribution < -0.4 is 0 Å². The van der Waals surface area contributed by atoms with Gasteiger partial charge in [-0.15, -0.1) is 0 Å². The van der Waals surface area contributed by atoms with Crippen molar-refractivity contribution in [1.29, 1.82) is 0 Å². The third-order valence-corrected chi connectivity index (χ3v) is 4.97. The number of carboxylic acids is 1. The van der Waals surface area contributed by atoms with Crippen molar-refractivity contribution in [2.24, 2.45) is 17.8 Å². The van der Waals surface area contributed by atoms with Crippen LogP contribution in [0.2, 0.25) is 0 Å². The standard InChI is InChI=1S/C21H42O2/c1-5-7-8-9-10-11-12-14-20(21(22)23)17-19(13-6-2)16-15-18(3)4/h18-20H,5-17H2,1-4H3,(H,22,23). The van der Waals surface area contributed by atoms with Crippen LogP contribution in [0.15, 0.2) is 0 Å². The van der Waals surface area contributed by atoms with E-state index in [1.54, 1.807) is 0 Å². The molecule has 0 saturated carbocycles. The van der Waals surface area contributed by atoms with Crippen LogP contribution in [0.1, 0.15) is 111 Å². The quantitative estimate of drug-likeness (QED) is 0.308. The average molecular weight is 327 g/mol. The van der Waals surface area contributed by atoms with Gasteiger partial charge in [0.1, 0.15) is 0 Å². The number of carboxylic acid groups (broad SMARTS) is 1. The highest BCUT2D eigenvalue weighted by atomic mass is 16.4. The first-order valence-corrected chi connectivity index (χ1v) is 10.2. The summed E-state index contributed by atoms with van der Waals surface area (Å²) >= 11 is 0. The molecule has 0 bridgehead atoms. The van der Waals surface area contributed by atoms with Gasteiger partial charge in [-0.1, -0.05) is 98.3 Å². The zero-order valence-electron chi connectivity index (χ0n) is 16.3. The monoisotopic (exact) mass is 326 g/mol. The minimum atomic E-state index is -0.568. The molecule has 0 aromatic carbocycles. The van der Waals surface area contributed by atoms with Gasteiger partial charge in [-0.25, -0.2) is 0 Å². The summed E-state index contributed by atoms with van der Waals surface area (Å²) in [5, 5.41) is 9.54. The molecular formula is C21H42O2. The molecule has 0 aliphatic rings. The maximum absolute atomic E-state index is 11.6. The molecule has 2 unspecified atom stereocenters. The molecule has 1 N–H and O–H groups in total. The van der Waals surface area contributed by atoms with E-state index in [9.17, 15) is 9.90 Å². The molecule has 0 amide bonds. The summed E-state index contributed by atoms with van der Waals surface area (Å²) in [6.07, 6.45) is 15.4. The molecular weight excluding hydrogens is 284 g/mol. The van der Waals surface area contributed by atoms with E-state index >= 15 is 0 Å². The van der Waals surface area contributed by atoms with Crippen LogP contribution in [0.5, 0.6) is 0 Å². The van der Waals surface area contributed by atoms with Crippen molar-refractivity contribution in [2.75, 3.05) is 0 Å². The summed E-state index contributed by atoms with van der Waals surface area (Å²) in [4.78, 5) is 11.6. The molecule has 0 fully saturated rings. The predicted molar refractivity (Wildman–Crippen MR) is 101 cm³/mol. The smallest absolute Gasteiger partial charge is 0.306 e. The normalized spacial score (nSPS) is 14.1. The minimum Gasteiger partial charge on any atom is -0.481 e. The fourth-order valence-corrected chi connectivity index (χ4v) is 3.45. The van der Waals surface area contributed by atoms with Crippen molar-refractivity contribution in [1.82, 2.24) is 0 Å². The summed E-state index contributed by atoms with van der Waals surface area (Å²) < 4.78 is 0. The Labute approximate surface area is 145 Å². The van der Waals surface area contributed by atoms with Crippen LogP contribution >= 0.6 is 0 Å². The summed E-state index contributed by atoms with van der Waals surface area (Å²) in [6.45, 7) is 8.98. The van der Waals surface area contributed by atoms with Crippen LogP contribution in [0, 0.1) is 17.8 Å². The number of rotatable bonds is 16. The third-order valence-electron chi connectivity index (χ3n) is 4.97. The van der Waals surface area contributed by atoms with E-state index in [-0.39, 0.29) is 5.92 Å². The molecule has 0 aliphatic heterocycles. The molecule has 2 atom stereocenters. The van der Waals surface area contributed by atoms with E-state index in [1.165, 1.54) is 64.2 Å². The molecule has 0 aromatic heterocycles. The van der Waals surface area contributed by atoms with Crippen molar-refractivity contribution in [2.45, 2.75) is 111 Å². The molecule has 0 heterocycles. The largest absolute Gasteiger partial charge is 0.481 e. The molecule has 0 aromatic rings. The van der Waals surface area contributed by atoms with Crippen molar-refractivity contribution < 1.29 is 9.90 Å². The first-order valence-electron chi connectivity index (χ1n) is 10.2. The lowest BCUT2D eigenvalue weighted by Gasteiger charge is -2.21. The molecule has 0 saturated heterocycles. The Morgan fingerprint density at radius 1 is 0.783 bits per heavy atom. The molecule has 0 aliphatic carbocycles. The first-order chi connectivity index (χ1) is 11.0. The van der Waals surface area contributed by atoms with Gasteiger partial charge < -0.3 is 5.11 Å². The van der Waals surface area contributed by atoms with Crippen molar-refractivity contribution in [3.05, 3.63) is 0 Å². The second-order valence-electron chi connectivity index (χ2n) is 7.81. The molecule has 2 nitrogen and oxygen atoms in total. The Kier molecular flexibility index (Phi) is 14.7. The summed E-state index contributed by atoms with van der Waals surface area (Å²) in [6, 6.07) is 0. The third kappa shape index (κ3) is 13.6. The van der Waals surface area contributed by atoms with Gasteiger partial charge in [0.2, 0.25) is 0 Å². The Morgan fingerprint density at radius 3 is 1.91 bits per heavy atom. The van der Waals surface area contributed by atoms with E-state index in [1.807, 2.05) is 0 Å². The lowest BCUT2D eigenvalue weighted by atomic mass is 9.84. The fraction of sp³-hybridized carbons (Fsp3) is 0.952. The van der Waals surface area contributed by atoms with Gasteiger partial charge in [-0.05, 0) is 24.7 Å². The summed E-state index contributed by atoms with van der Waals surface area (Å²) in [5.74, 6) is 0.643. The van der Waals surface area contributed by atoms with Crippen LogP contribution in [0.25, 0.3) is 0 Å². The topological polar surface area (TPSA) is 37.3 Å². The number of hydrogen-bond acceptors (Lipinski definition) is 1. The second-order valence-corrected chi connectivity index (χ2v) is 7.81. The van der Waals surface area contributed by atoms with Gasteiger partial charge in [0, 0.05) is 0 Å². The summed E-state index contributed by atoms with van der Waals surface area (Å²) in [5.41, 5.74) is 0. The van der Waals surface area contributed by atoms with E-state index in [4.69, 9.17) is 0 Å². The average Bonchev–Trinajstić information content (AvgIpc) is 2.50. The summed E-state index contributed by atoms with van der Waals surface area (Å²) in [7, 11) is 0. The van der Waals surface area contributed by atoms with E-state index < -0.39 is 5.97 Å². The fourth-order valence-electron chi connectivity index (χ4n) is 3.45. The van der Waals surface area contributed by atoms with Crippen molar-refractivity contribution in [3.8, 4) is 0 Å². The highest BCUT2D eigenvalue weighted by Crippen LogP contribution is 2.27. The van der Waals surface area contributed by atoms with E-state index in [0.717, 1.165) is 25.2 Å². The maximum atomic E-state index is 11.6. The molecule has 0 spiro atoms. The van der Waals surface area contributed by atoms with Gasteiger partial charge in [0.15, 0.2) is 0 Å². The van der Waals surface area contributed by atoms with Crippen molar-refractivity contribution in [3.63, 3.8) is 0 Å². The number of unbranched alkanes of at least 4 members (excludes halogenated alkanes) is 6. The van der Waals surface area contributed by atoms with Crippen LogP contribution in [0.3, 0.4) is 0 Å². The maximum Gasteiger partial charge on any atom is 0.306 e. The van der Waals surface area contributed by atoms with Gasteiger partial charge in [-0.2, -0.15) is 0 Å².